The van der Waals surface area contributed by atoms with Crippen molar-refractivity contribution in [2.24, 2.45) is 0 Å². The van der Waals surface area contributed by atoms with Crippen LogP contribution >= 0.6 is 11.3 Å². The van der Waals surface area contributed by atoms with Gasteiger partial charge >= 0.3 is 5.97 Å². The number of thiophene rings is 1. The predicted octanol–water partition coefficient (Wildman–Crippen LogP) is 3.85. The SMILES string of the molecule is CN(C)CCCOC(=O)c1ccsc1-c1ccccc1OCCCN(C)C. The number of para-hydroxylation sites is 1. The van der Waals surface area contributed by atoms with Gasteiger partial charge in [-0.2, -0.15) is 0 Å². The van der Waals surface area contributed by atoms with Gasteiger partial charge in [-0.25, -0.2) is 4.79 Å². The second-order valence-electron chi connectivity index (χ2n) is 6.96. The Hall–Kier alpha value is -1.89. The lowest BCUT2D eigenvalue weighted by molar-refractivity contribution is 0.0494. The van der Waals surface area contributed by atoms with Crippen LogP contribution in [-0.2, 0) is 4.74 Å². The third-order valence-electron chi connectivity index (χ3n) is 4.01. The minimum absolute atomic E-state index is 0.271. The van der Waals surface area contributed by atoms with Crippen LogP contribution in [0.25, 0.3) is 10.4 Å². The van der Waals surface area contributed by atoms with Gasteiger partial charge in [-0.05, 0) is 64.6 Å². The highest BCUT2D eigenvalue weighted by molar-refractivity contribution is 7.14. The van der Waals surface area contributed by atoms with Crippen LogP contribution in [0.1, 0.15) is 23.2 Å². The lowest BCUT2D eigenvalue weighted by atomic mass is 10.1. The van der Waals surface area contributed by atoms with Crippen molar-refractivity contribution in [3.8, 4) is 16.2 Å². The van der Waals surface area contributed by atoms with E-state index in [0.717, 1.165) is 42.1 Å². The Morgan fingerprint density at radius 1 is 0.963 bits per heavy atom. The first-order valence-electron chi connectivity index (χ1n) is 9.25. The summed E-state index contributed by atoms with van der Waals surface area (Å²) in [6, 6.07) is 9.70. The third kappa shape index (κ3) is 6.97. The number of hydrogen-bond donors (Lipinski definition) is 0. The molecule has 0 radical (unpaired) electrons. The number of rotatable bonds is 11. The molecule has 0 aliphatic rings. The van der Waals surface area contributed by atoms with Crippen molar-refractivity contribution >= 4 is 17.3 Å². The summed E-state index contributed by atoms with van der Waals surface area (Å²) in [5.74, 6) is 0.535. The molecule has 0 saturated carbocycles. The van der Waals surface area contributed by atoms with Gasteiger partial charge in [0.15, 0.2) is 0 Å². The van der Waals surface area contributed by atoms with Crippen LogP contribution < -0.4 is 4.74 Å². The summed E-state index contributed by atoms with van der Waals surface area (Å²) in [5.41, 5.74) is 1.55. The number of carbonyl (C=O) groups is 1. The van der Waals surface area contributed by atoms with E-state index in [0.29, 0.717) is 18.8 Å². The molecule has 2 rings (SSSR count). The highest BCUT2D eigenvalue weighted by atomic mass is 32.1. The molecular weight excluding hydrogens is 360 g/mol. The fourth-order valence-electron chi connectivity index (χ4n) is 2.64. The summed E-state index contributed by atoms with van der Waals surface area (Å²) in [4.78, 5) is 17.6. The molecule has 1 aromatic carbocycles. The van der Waals surface area contributed by atoms with Crippen molar-refractivity contribution < 1.29 is 14.3 Å². The molecule has 0 bridgehead atoms. The molecule has 0 atom stereocenters. The van der Waals surface area contributed by atoms with Crippen LogP contribution in [0.5, 0.6) is 5.75 Å². The van der Waals surface area contributed by atoms with E-state index in [2.05, 4.69) is 23.9 Å². The molecule has 0 spiro atoms. The van der Waals surface area contributed by atoms with E-state index in [9.17, 15) is 4.79 Å². The topological polar surface area (TPSA) is 42.0 Å². The zero-order valence-electron chi connectivity index (χ0n) is 16.7. The van der Waals surface area contributed by atoms with E-state index in [1.54, 1.807) is 0 Å². The summed E-state index contributed by atoms with van der Waals surface area (Å²) in [5, 5.41) is 1.93. The summed E-state index contributed by atoms with van der Waals surface area (Å²) < 4.78 is 11.5. The average molecular weight is 391 g/mol. The number of nitrogens with zero attached hydrogens (tertiary/aromatic N) is 2. The van der Waals surface area contributed by atoms with Crippen molar-refractivity contribution in [1.82, 2.24) is 9.80 Å². The maximum atomic E-state index is 12.5. The summed E-state index contributed by atoms with van der Waals surface area (Å²) >= 11 is 1.54. The lowest BCUT2D eigenvalue weighted by Gasteiger charge is -2.14. The minimum Gasteiger partial charge on any atom is -0.493 e. The Morgan fingerprint density at radius 2 is 1.63 bits per heavy atom. The first-order chi connectivity index (χ1) is 13.0. The number of carbonyl (C=O) groups excluding carboxylic acids is 1. The molecule has 0 aliphatic carbocycles. The zero-order chi connectivity index (χ0) is 19.6. The molecule has 0 N–H and O–H groups in total. The fourth-order valence-corrected chi connectivity index (χ4v) is 3.56. The van der Waals surface area contributed by atoms with E-state index in [1.165, 1.54) is 11.3 Å². The summed E-state index contributed by atoms with van der Waals surface area (Å²) in [6.07, 6.45) is 1.77. The standard InChI is InChI=1S/C21H30N2O3S/c1-22(2)12-7-14-25-19-10-6-5-9-17(19)20-18(11-16-27-20)21(24)26-15-8-13-23(3)4/h5-6,9-11,16H,7-8,12-15H2,1-4H3. The normalized spacial score (nSPS) is 11.2. The molecule has 1 aromatic heterocycles. The highest BCUT2D eigenvalue weighted by Gasteiger charge is 2.18. The van der Waals surface area contributed by atoms with E-state index >= 15 is 0 Å². The minimum atomic E-state index is -0.271. The number of benzene rings is 1. The molecule has 1 heterocycles. The molecule has 6 heteroatoms. The molecule has 0 fully saturated rings. The summed E-state index contributed by atoms with van der Waals surface area (Å²) in [7, 11) is 8.12. The average Bonchev–Trinajstić information content (AvgIpc) is 3.12. The largest absolute Gasteiger partial charge is 0.493 e. The fraction of sp³-hybridized carbons (Fsp3) is 0.476. The first kappa shape index (κ1) is 21.4. The Morgan fingerprint density at radius 3 is 2.33 bits per heavy atom. The molecule has 148 valence electrons. The van der Waals surface area contributed by atoms with E-state index in [4.69, 9.17) is 9.47 Å². The zero-order valence-corrected chi connectivity index (χ0v) is 17.6. The molecule has 0 unspecified atom stereocenters. The monoisotopic (exact) mass is 390 g/mol. The third-order valence-corrected chi connectivity index (χ3v) is 4.95. The van der Waals surface area contributed by atoms with Crippen LogP contribution in [0.15, 0.2) is 35.7 Å². The number of hydrogen-bond acceptors (Lipinski definition) is 6. The Bertz CT molecular complexity index is 713. The Balaban J connectivity index is 2.04. The van der Waals surface area contributed by atoms with Crippen LogP contribution in [-0.4, -0.2) is 70.3 Å². The Labute approximate surface area is 166 Å². The van der Waals surface area contributed by atoms with Crippen LogP contribution in [0.3, 0.4) is 0 Å². The number of ether oxygens (including phenoxy) is 2. The maximum Gasteiger partial charge on any atom is 0.339 e. The van der Waals surface area contributed by atoms with Gasteiger partial charge in [0.2, 0.25) is 0 Å². The molecule has 0 amide bonds. The van der Waals surface area contributed by atoms with Gasteiger partial charge in [-0.1, -0.05) is 12.1 Å². The lowest BCUT2D eigenvalue weighted by Crippen LogP contribution is -2.16. The quantitative estimate of drug-likeness (QED) is 0.431. The first-order valence-corrected chi connectivity index (χ1v) is 10.1. The molecule has 0 aliphatic heterocycles. The maximum absolute atomic E-state index is 12.5. The molecule has 5 nitrogen and oxygen atoms in total. The van der Waals surface area contributed by atoms with Gasteiger partial charge < -0.3 is 19.3 Å². The van der Waals surface area contributed by atoms with Crippen molar-refractivity contribution in [3.05, 3.63) is 41.3 Å². The second-order valence-corrected chi connectivity index (χ2v) is 7.87. The van der Waals surface area contributed by atoms with Crippen molar-refractivity contribution in [1.29, 1.82) is 0 Å². The molecule has 27 heavy (non-hydrogen) atoms. The molecular formula is C21H30N2O3S. The van der Waals surface area contributed by atoms with Gasteiger partial charge in [-0.3, -0.25) is 0 Å². The van der Waals surface area contributed by atoms with E-state index in [-0.39, 0.29) is 5.97 Å². The van der Waals surface area contributed by atoms with Crippen molar-refractivity contribution in [3.63, 3.8) is 0 Å². The van der Waals surface area contributed by atoms with E-state index in [1.807, 2.05) is 49.8 Å². The molecule has 2 aromatic rings. The van der Waals surface area contributed by atoms with Crippen molar-refractivity contribution in [2.75, 3.05) is 54.5 Å². The highest BCUT2D eigenvalue weighted by Crippen LogP contribution is 2.36. The molecule has 0 saturated heterocycles. The number of esters is 1. The summed E-state index contributed by atoms with van der Waals surface area (Å²) in [6.45, 7) is 2.94. The van der Waals surface area contributed by atoms with Crippen LogP contribution in [0.4, 0.5) is 0 Å². The predicted molar refractivity (Wildman–Crippen MR) is 112 cm³/mol. The van der Waals surface area contributed by atoms with Crippen LogP contribution in [0.2, 0.25) is 0 Å². The van der Waals surface area contributed by atoms with Gasteiger partial charge in [0, 0.05) is 18.7 Å². The van der Waals surface area contributed by atoms with E-state index < -0.39 is 0 Å². The van der Waals surface area contributed by atoms with Gasteiger partial charge in [0.25, 0.3) is 0 Å². The van der Waals surface area contributed by atoms with Gasteiger partial charge in [0.1, 0.15) is 5.75 Å². The van der Waals surface area contributed by atoms with Gasteiger partial charge in [0.05, 0.1) is 23.7 Å². The van der Waals surface area contributed by atoms with Crippen LogP contribution in [0, 0.1) is 0 Å². The Kier molecular flexibility index (Phi) is 8.78. The van der Waals surface area contributed by atoms with Gasteiger partial charge in [-0.15, -0.1) is 11.3 Å². The smallest absolute Gasteiger partial charge is 0.339 e. The second kappa shape index (κ2) is 11.1. The van der Waals surface area contributed by atoms with Crippen molar-refractivity contribution in [2.45, 2.75) is 12.8 Å².